The van der Waals surface area contributed by atoms with Crippen LogP contribution in [0.5, 0.6) is 0 Å². The van der Waals surface area contributed by atoms with E-state index in [0.717, 1.165) is 5.56 Å². The van der Waals surface area contributed by atoms with Crippen molar-refractivity contribution in [1.82, 2.24) is 0 Å². The fraction of sp³-hybridized carbons (Fsp3) is 0.611. The molecule has 2 saturated heterocycles. The number of hydrogen-bond donors (Lipinski definition) is 1. The smallest absolute Gasteiger partial charge is 0.305 e. The number of rotatable bonds is 4. The van der Waals surface area contributed by atoms with Crippen LogP contribution in [0.2, 0.25) is 0 Å². The molecule has 0 saturated carbocycles. The van der Waals surface area contributed by atoms with E-state index in [1.165, 1.54) is 7.11 Å². The lowest BCUT2D eigenvalue weighted by atomic mass is 9.84. The molecule has 1 aromatic carbocycles. The molecule has 6 heteroatoms. The summed E-state index contributed by atoms with van der Waals surface area (Å²) in [6, 6.07) is 9.71. The molecule has 6 nitrogen and oxygen atoms in total. The minimum absolute atomic E-state index is 0.204. The summed E-state index contributed by atoms with van der Waals surface area (Å²) in [5.41, 5.74) is 0.145. The van der Waals surface area contributed by atoms with Crippen LogP contribution in [0.3, 0.4) is 0 Å². The topological polar surface area (TPSA) is 74.2 Å². The van der Waals surface area contributed by atoms with E-state index >= 15 is 0 Å². The number of fused-ring (bicyclic) bond motifs is 1. The Morgan fingerprint density at radius 1 is 1.33 bits per heavy atom. The Hall–Kier alpha value is -1.47. The lowest BCUT2D eigenvalue weighted by Gasteiger charge is -2.49. The lowest BCUT2D eigenvalue weighted by Crippen LogP contribution is -2.58. The number of esters is 1. The number of aliphatic hydroxyl groups is 1. The van der Waals surface area contributed by atoms with Gasteiger partial charge in [-0.15, -0.1) is 0 Å². The maximum absolute atomic E-state index is 11.4. The molecule has 2 aliphatic rings. The Balaban J connectivity index is 1.63. The molecule has 1 N–H and O–H groups in total. The molecule has 1 aromatic rings. The zero-order valence-corrected chi connectivity index (χ0v) is 14.0. The van der Waals surface area contributed by atoms with Gasteiger partial charge >= 0.3 is 5.97 Å². The summed E-state index contributed by atoms with van der Waals surface area (Å²) in [5.74, 6) is -0.311. The predicted octanol–water partition coefficient (Wildman–Crippen LogP) is 1.96. The Kier molecular flexibility index (Phi) is 5.20. The van der Waals surface area contributed by atoms with Crippen LogP contribution in [0.4, 0.5) is 0 Å². The average molecular weight is 336 g/mol. The van der Waals surface area contributed by atoms with Crippen molar-refractivity contribution in [2.45, 2.75) is 56.4 Å². The van der Waals surface area contributed by atoms with Gasteiger partial charge in [0.1, 0.15) is 6.10 Å². The first-order chi connectivity index (χ1) is 11.5. The van der Waals surface area contributed by atoms with Gasteiger partial charge in [-0.3, -0.25) is 4.79 Å². The highest BCUT2D eigenvalue weighted by molar-refractivity contribution is 5.69. The molecule has 0 aliphatic carbocycles. The number of carbonyl (C=O) groups is 1. The van der Waals surface area contributed by atoms with Crippen LogP contribution in [0, 0.1) is 0 Å². The second kappa shape index (κ2) is 7.19. The summed E-state index contributed by atoms with van der Waals surface area (Å²) >= 11 is 0. The molecule has 24 heavy (non-hydrogen) atoms. The molecule has 0 aromatic heterocycles. The third kappa shape index (κ3) is 3.62. The SMILES string of the molecule is COC(=O)CC[C@]1(C)O[C@@H]2CO[C@@H](c3ccccc3)O[C@H]2C[C@H]1O. The number of aliphatic hydroxyl groups excluding tert-OH is 1. The normalized spacial score (nSPS) is 36.0. The van der Waals surface area contributed by atoms with Crippen molar-refractivity contribution in [3.63, 3.8) is 0 Å². The Labute approximate surface area is 141 Å². The van der Waals surface area contributed by atoms with Crippen LogP contribution in [0.15, 0.2) is 30.3 Å². The number of benzene rings is 1. The Morgan fingerprint density at radius 3 is 2.79 bits per heavy atom. The van der Waals surface area contributed by atoms with Gasteiger partial charge in [0.2, 0.25) is 0 Å². The second-order valence-electron chi connectivity index (χ2n) is 6.55. The molecule has 3 rings (SSSR count). The van der Waals surface area contributed by atoms with Gasteiger partial charge in [-0.2, -0.15) is 0 Å². The first-order valence-corrected chi connectivity index (χ1v) is 8.26. The maximum Gasteiger partial charge on any atom is 0.305 e. The zero-order valence-electron chi connectivity index (χ0n) is 14.0. The van der Waals surface area contributed by atoms with Crippen LogP contribution in [0.1, 0.15) is 38.0 Å². The van der Waals surface area contributed by atoms with E-state index in [9.17, 15) is 9.90 Å². The first kappa shape index (κ1) is 17.4. The minimum Gasteiger partial charge on any atom is -0.469 e. The van der Waals surface area contributed by atoms with Gasteiger partial charge in [0, 0.05) is 18.4 Å². The molecule has 0 radical (unpaired) electrons. The number of methoxy groups -OCH3 is 1. The molecule has 132 valence electrons. The highest BCUT2D eigenvalue weighted by Crippen LogP contribution is 2.39. The number of carbonyl (C=O) groups excluding carboxylic acids is 1. The summed E-state index contributed by atoms with van der Waals surface area (Å²) in [7, 11) is 1.35. The summed E-state index contributed by atoms with van der Waals surface area (Å²) in [4.78, 5) is 11.4. The molecular weight excluding hydrogens is 312 g/mol. The monoisotopic (exact) mass is 336 g/mol. The molecule has 0 unspecified atom stereocenters. The van der Waals surface area contributed by atoms with Crippen molar-refractivity contribution >= 4 is 5.97 Å². The van der Waals surface area contributed by atoms with Gasteiger partial charge in [0.15, 0.2) is 6.29 Å². The first-order valence-electron chi connectivity index (χ1n) is 8.26. The maximum atomic E-state index is 11.4. The summed E-state index contributed by atoms with van der Waals surface area (Å²) in [6.45, 7) is 2.21. The van der Waals surface area contributed by atoms with E-state index < -0.39 is 18.0 Å². The molecule has 2 heterocycles. The van der Waals surface area contributed by atoms with Crippen molar-refractivity contribution in [3.8, 4) is 0 Å². The molecule has 2 aliphatic heterocycles. The van der Waals surface area contributed by atoms with Gasteiger partial charge < -0.3 is 24.1 Å². The van der Waals surface area contributed by atoms with Crippen molar-refractivity contribution in [1.29, 1.82) is 0 Å². The summed E-state index contributed by atoms with van der Waals surface area (Å²) in [5, 5.41) is 10.5. The predicted molar refractivity (Wildman–Crippen MR) is 85.2 cm³/mol. The third-order valence-electron chi connectivity index (χ3n) is 4.83. The summed E-state index contributed by atoms with van der Waals surface area (Å²) in [6.07, 6.45) is -0.585. The fourth-order valence-electron chi connectivity index (χ4n) is 3.25. The quantitative estimate of drug-likeness (QED) is 0.847. The van der Waals surface area contributed by atoms with E-state index in [0.29, 0.717) is 19.4 Å². The Morgan fingerprint density at radius 2 is 2.08 bits per heavy atom. The van der Waals surface area contributed by atoms with Gasteiger partial charge in [-0.05, 0) is 13.3 Å². The fourth-order valence-corrected chi connectivity index (χ4v) is 3.25. The van der Waals surface area contributed by atoms with Crippen LogP contribution < -0.4 is 0 Å². The minimum atomic E-state index is -0.804. The Bertz CT molecular complexity index is 562. The highest BCUT2D eigenvalue weighted by atomic mass is 16.7. The van der Waals surface area contributed by atoms with Crippen molar-refractivity contribution < 1.29 is 28.8 Å². The van der Waals surface area contributed by atoms with Gasteiger partial charge in [0.25, 0.3) is 0 Å². The van der Waals surface area contributed by atoms with Crippen LogP contribution in [-0.4, -0.2) is 48.7 Å². The van der Waals surface area contributed by atoms with Crippen LogP contribution in [0.25, 0.3) is 0 Å². The highest BCUT2D eigenvalue weighted by Gasteiger charge is 2.48. The molecule has 5 atom stereocenters. The number of hydrogen-bond acceptors (Lipinski definition) is 6. The van der Waals surface area contributed by atoms with Crippen LogP contribution in [-0.2, 0) is 23.7 Å². The molecular formula is C18H24O6. The van der Waals surface area contributed by atoms with E-state index in [-0.39, 0.29) is 24.6 Å². The molecule has 0 amide bonds. The standard InChI is InChI=1S/C18H24O6/c1-18(9-8-16(20)21-2)15(19)10-13-14(24-18)11-22-17(23-13)12-6-4-3-5-7-12/h3-7,13-15,17,19H,8-11H2,1-2H3/t13-,14+,15+,17+,18-/m0/s1. The van der Waals surface area contributed by atoms with Crippen molar-refractivity contribution in [2.75, 3.05) is 13.7 Å². The summed E-state index contributed by atoms with van der Waals surface area (Å²) < 4.78 is 22.5. The zero-order chi connectivity index (χ0) is 17.2. The van der Waals surface area contributed by atoms with E-state index in [1.807, 2.05) is 37.3 Å². The average Bonchev–Trinajstić information content (AvgIpc) is 2.61. The number of ether oxygens (including phenoxy) is 4. The van der Waals surface area contributed by atoms with Crippen molar-refractivity contribution in [3.05, 3.63) is 35.9 Å². The van der Waals surface area contributed by atoms with Gasteiger partial charge in [-0.25, -0.2) is 0 Å². The largest absolute Gasteiger partial charge is 0.469 e. The van der Waals surface area contributed by atoms with E-state index in [4.69, 9.17) is 14.2 Å². The van der Waals surface area contributed by atoms with Gasteiger partial charge in [0.05, 0.1) is 31.5 Å². The van der Waals surface area contributed by atoms with Gasteiger partial charge in [-0.1, -0.05) is 30.3 Å². The molecule has 2 fully saturated rings. The lowest BCUT2D eigenvalue weighted by molar-refractivity contribution is -0.321. The second-order valence-corrected chi connectivity index (χ2v) is 6.55. The van der Waals surface area contributed by atoms with E-state index in [1.54, 1.807) is 0 Å². The van der Waals surface area contributed by atoms with E-state index in [2.05, 4.69) is 4.74 Å². The third-order valence-corrected chi connectivity index (χ3v) is 4.83. The van der Waals surface area contributed by atoms with Crippen LogP contribution >= 0.6 is 0 Å². The molecule has 0 spiro atoms. The molecule has 0 bridgehead atoms. The van der Waals surface area contributed by atoms with Crippen molar-refractivity contribution in [2.24, 2.45) is 0 Å².